The number of nitrogens with zero attached hydrogens (tertiary/aromatic N) is 3. The van der Waals surface area contributed by atoms with Gasteiger partial charge in [-0.15, -0.1) is 13.2 Å². The zero-order valence-electron chi connectivity index (χ0n) is 20.1. The highest BCUT2D eigenvalue weighted by atomic mass is 35.5. The summed E-state index contributed by atoms with van der Waals surface area (Å²) in [6.45, 7) is 1.52. The normalized spacial score (nSPS) is 15.8. The Labute approximate surface area is 218 Å². The van der Waals surface area contributed by atoms with Crippen LogP contribution in [0.25, 0.3) is 11.3 Å². The van der Waals surface area contributed by atoms with Gasteiger partial charge in [-0.25, -0.2) is 0 Å². The molecule has 1 atom stereocenters. The fraction of sp³-hybridized carbons (Fsp3) is 0.333. The first-order valence-electron chi connectivity index (χ1n) is 11.8. The lowest BCUT2D eigenvalue weighted by molar-refractivity contribution is -0.274. The Balaban J connectivity index is 1.35. The molecule has 0 spiro atoms. The lowest BCUT2D eigenvalue weighted by atomic mass is 9.97. The molecular formula is C27H25ClF3N3O3. The quantitative estimate of drug-likeness (QED) is 0.283. The van der Waals surface area contributed by atoms with Gasteiger partial charge in [0.05, 0.1) is 29.5 Å². The van der Waals surface area contributed by atoms with Crippen molar-refractivity contribution in [2.45, 2.75) is 31.7 Å². The van der Waals surface area contributed by atoms with Gasteiger partial charge in [-0.2, -0.15) is 5.26 Å². The van der Waals surface area contributed by atoms with Crippen molar-refractivity contribution in [3.8, 4) is 34.6 Å². The molecule has 0 radical (unpaired) electrons. The molecule has 0 amide bonds. The molecule has 3 aromatic rings. The summed E-state index contributed by atoms with van der Waals surface area (Å²) in [6, 6.07) is 15.5. The van der Waals surface area contributed by atoms with E-state index in [1.807, 2.05) is 12.1 Å². The number of hydrogen-bond acceptors (Lipinski definition) is 6. The van der Waals surface area contributed by atoms with Gasteiger partial charge in [-0.3, -0.25) is 9.88 Å². The number of ether oxygens (including phenoxy) is 3. The highest BCUT2D eigenvalue weighted by Gasteiger charge is 2.31. The maximum Gasteiger partial charge on any atom is 0.573 e. The minimum Gasteiger partial charge on any atom is -0.492 e. The zero-order chi connectivity index (χ0) is 26.4. The summed E-state index contributed by atoms with van der Waals surface area (Å²) in [5.41, 5.74) is 3.27. The van der Waals surface area contributed by atoms with Crippen LogP contribution in [-0.2, 0) is 0 Å². The van der Waals surface area contributed by atoms with Gasteiger partial charge in [0.1, 0.15) is 23.3 Å². The topological polar surface area (TPSA) is 67.6 Å². The van der Waals surface area contributed by atoms with Crippen molar-refractivity contribution in [2.24, 2.45) is 0 Å². The van der Waals surface area contributed by atoms with Gasteiger partial charge < -0.3 is 14.2 Å². The Bertz CT molecular complexity index is 1280. The summed E-state index contributed by atoms with van der Waals surface area (Å²) in [5.74, 6) is 0.263. The monoisotopic (exact) mass is 531 g/mol. The number of pyridine rings is 1. The molecular weight excluding hydrogens is 507 g/mol. The molecule has 0 aliphatic carbocycles. The first-order valence-corrected chi connectivity index (χ1v) is 12.1. The van der Waals surface area contributed by atoms with Gasteiger partial charge in [-0.1, -0.05) is 17.7 Å². The highest BCUT2D eigenvalue weighted by molar-refractivity contribution is 6.32. The van der Waals surface area contributed by atoms with E-state index in [-0.39, 0.29) is 24.0 Å². The molecule has 1 aliphatic rings. The van der Waals surface area contributed by atoms with Crippen LogP contribution >= 0.6 is 11.6 Å². The Morgan fingerprint density at radius 3 is 2.54 bits per heavy atom. The summed E-state index contributed by atoms with van der Waals surface area (Å²) < 4.78 is 52.1. The SMILES string of the molecule is CN1CCC[C@H]1c1cccnc1-c1ccc(OCCCOc2ccc(OC(F)(F)F)cc2Cl)c(C#N)c1. The van der Waals surface area contributed by atoms with E-state index in [2.05, 4.69) is 33.8 Å². The molecule has 1 fully saturated rings. The van der Waals surface area contributed by atoms with Gasteiger partial charge in [0.15, 0.2) is 0 Å². The highest BCUT2D eigenvalue weighted by Crippen LogP contribution is 2.37. The Morgan fingerprint density at radius 2 is 1.86 bits per heavy atom. The largest absolute Gasteiger partial charge is 0.573 e. The van der Waals surface area contributed by atoms with Crippen LogP contribution in [0, 0.1) is 11.3 Å². The minimum absolute atomic E-state index is 0.00251. The molecule has 2 aromatic carbocycles. The number of benzene rings is 2. The van der Waals surface area contributed by atoms with Gasteiger partial charge in [0, 0.05) is 30.3 Å². The van der Waals surface area contributed by atoms with Crippen LogP contribution in [0.3, 0.4) is 0 Å². The lowest BCUT2D eigenvalue weighted by Crippen LogP contribution is -2.18. The number of nitriles is 1. The molecule has 6 nitrogen and oxygen atoms in total. The van der Waals surface area contributed by atoms with E-state index in [1.165, 1.54) is 6.07 Å². The van der Waals surface area contributed by atoms with Gasteiger partial charge in [-0.05, 0) is 68.4 Å². The second-order valence-electron chi connectivity index (χ2n) is 8.59. The maximum atomic E-state index is 12.3. The van der Waals surface area contributed by atoms with Crippen molar-refractivity contribution in [1.82, 2.24) is 9.88 Å². The van der Waals surface area contributed by atoms with Crippen LogP contribution < -0.4 is 14.2 Å². The molecule has 37 heavy (non-hydrogen) atoms. The van der Waals surface area contributed by atoms with Crippen LogP contribution in [0.4, 0.5) is 13.2 Å². The number of halogens is 4. The van der Waals surface area contributed by atoms with Crippen LogP contribution in [0.2, 0.25) is 5.02 Å². The second-order valence-corrected chi connectivity index (χ2v) is 9.00. The third-order valence-electron chi connectivity index (χ3n) is 6.03. The molecule has 0 saturated carbocycles. The minimum atomic E-state index is -4.80. The fourth-order valence-electron chi connectivity index (χ4n) is 4.34. The van der Waals surface area contributed by atoms with E-state index in [0.29, 0.717) is 23.8 Å². The molecule has 2 heterocycles. The molecule has 1 aliphatic heterocycles. The second kappa shape index (κ2) is 11.7. The molecule has 4 rings (SSSR count). The average Bonchev–Trinajstić information content (AvgIpc) is 3.29. The average molecular weight is 532 g/mol. The Kier molecular flexibility index (Phi) is 8.41. The molecule has 1 saturated heterocycles. The molecule has 0 bridgehead atoms. The van der Waals surface area contributed by atoms with Crippen LogP contribution in [0.1, 0.15) is 36.4 Å². The van der Waals surface area contributed by atoms with E-state index < -0.39 is 12.1 Å². The van der Waals surface area contributed by atoms with E-state index in [9.17, 15) is 18.4 Å². The number of hydrogen-bond donors (Lipinski definition) is 0. The van der Waals surface area contributed by atoms with Crippen molar-refractivity contribution in [1.29, 1.82) is 5.26 Å². The first kappa shape index (κ1) is 26.6. The summed E-state index contributed by atoms with van der Waals surface area (Å²) in [4.78, 5) is 6.93. The Hall–Kier alpha value is -3.48. The number of aromatic nitrogens is 1. The van der Waals surface area contributed by atoms with E-state index in [0.717, 1.165) is 48.3 Å². The predicted molar refractivity (Wildman–Crippen MR) is 133 cm³/mol. The standard InChI is InChI=1S/C27H25ClF3N3O3/c1-34-12-3-6-23(34)21-5-2-11-33-26(21)18-7-9-24(19(15-18)17-32)35-13-4-14-36-25-10-8-20(16-22(25)28)37-27(29,30)31/h2,5,7-11,15-16,23H,3-4,6,12-14H2,1H3/t23-/m0/s1. The van der Waals surface area contributed by atoms with Crippen molar-refractivity contribution in [3.63, 3.8) is 0 Å². The fourth-order valence-corrected chi connectivity index (χ4v) is 4.57. The summed E-state index contributed by atoms with van der Waals surface area (Å²) in [5, 5.41) is 9.71. The van der Waals surface area contributed by atoms with Crippen molar-refractivity contribution in [2.75, 3.05) is 26.8 Å². The first-order chi connectivity index (χ1) is 17.7. The van der Waals surface area contributed by atoms with Crippen molar-refractivity contribution in [3.05, 3.63) is 70.9 Å². The van der Waals surface area contributed by atoms with Gasteiger partial charge >= 0.3 is 6.36 Å². The van der Waals surface area contributed by atoms with E-state index >= 15 is 0 Å². The third-order valence-corrected chi connectivity index (χ3v) is 6.33. The Morgan fingerprint density at radius 1 is 1.11 bits per heavy atom. The zero-order valence-corrected chi connectivity index (χ0v) is 20.9. The van der Waals surface area contributed by atoms with Crippen molar-refractivity contribution >= 4 is 11.6 Å². The molecule has 10 heteroatoms. The van der Waals surface area contributed by atoms with E-state index in [1.54, 1.807) is 18.3 Å². The van der Waals surface area contributed by atoms with Crippen molar-refractivity contribution < 1.29 is 27.4 Å². The van der Waals surface area contributed by atoms with Gasteiger partial charge in [0.25, 0.3) is 0 Å². The maximum absolute atomic E-state index is 12.3. The molecule has 1 aromatic heterocycles. The molecule has 0 unspecified atom stereocenters. The number of likely N-dealkylation sites (tertiary alicyclic amines) is 1. The van der Waals surface area contributed by atoms with Gasteiger partial charge in [0.2, 0.25) is 0 Å². The summed E-state index contributed by atoms with van der Waals surface area (Å²) >= 11 is 5.98. The van der Waals surface area contributed by atoms with Crippen LogP contribution in [0.15, 0.2) is 54.7 Å². The third kappa shape index (κ3) is 6.85. The molecule has 0 N–H and O–H groups in total. The number of alkyl halides is 3. The van der Waals surface area contributed by atoms with Crippen LogP contribution in [-0.4, -0.2) is 43.1 Å². The summed E-state index contributed by atoms with van der Waals surface area (Å²) in [6.07, 6.45) is -0.370. The smallest absolute Gasteiger partial charge is 0.492 e. The summed E-state index contributed by atoms with van der Waals surface area (Å²) in [7, 11) is 2.11. The van der Waals surface area contributed by atoms with E-state index in [4.69, 9.17) is 21.1 Å². The van der Waals surface area contributed by atoms with Crippen LogP contribution in [0.5, 0.6) is 17.2 Å². The lowest BCUT2D eigenvalue weighted by Gasteiger charge is -2.22. The molecule has 194 valence electrons. The number of rotatable bonds is 9. The predicted octanol–water partition coefficient (Wildman–Crippen LogP) is 6.79.